The Morgan fingerprint density at radius 3 is 2.40 bits per heavy atom. The maximum atomic E-state index is 13.5. The van der Waals surface area contributed by atoms with E-state index in [0.29, 0.717) is 5.39 Å². The first-order valence-electron chi connectivity index (χ1n) is 14.0. The minimum Gasteiger partial charge on any atom is -0.469 e. The molecule has 4 aromatic rings. The molecule has 15 heteroatoms. The molecule has 0 bridgehead atoms. The van der Waals surface area contributed by atoms with E-state index in [2.05, 4.69) is 0 Å². The number of fused-ring (bicyclic) bond motifs is 1. The van der Waals surface area contributed by atoms with E-state index in [1.807, 2.05) is 6.07 Å². The van der Waals surface area contributed by atoms with Gasteiger partial charge < -0.3 is 23.7 Å². The average molecular weight is 666 g/mol. The highest BCUT2D eigenvalue weighted by Gasteiger charge is 2.33. The molecule has 4 rings (SSSR count). The lowest BCUT2D eigenvalue weighted by atomic mass is 9.84. The molecule has 1 aromatic heterocycles. The Balaban J connectivity index is 2.20. The van der Waals surface area contributed by atoms with Crippen LogP contribution in [0.15, 0.2) is 60.7 Å². The number of methoxy groups -OCH3 is 3. The molecule has 1 heterocycles. The van der Waals surface area contributed by atoms with Gasteiger partial charge in [-0.3, -0.25) is 19.7 Å². The Bertz CT molecular complexity index is 1980. The zero-order valence-corrected chi connectivity index (χ0v) is 26.7. The maximum absolute atomic E-state index is 13.5. The molecule has 0 aliphatic carbocycles. The van der Waals surface area contributed by atoms with Crippen LogP contribution < -0.4 is 4.74 Å². The summed E-state index contributed by atoms with van der Waals surface area (Å²) in [4.78, 5) is 37.1. The minimum absolute atomic E-state index is 0.0265. The molecule has 47 heavy (non-hydrogen) atoms. The molecule has 0 saturated heterocycles. The van der Waals surface area contributed by atoms with E-state index < -0.39 is 39.2 Å². The lowest BCUT2D eigenvalue weighted by molar-refractivity contribution is -0.384. The van der Waals surface area contributed by atoms with Gasteiger partial charge in [0.25, 0.3) is 5.69 Å². The number of rotatable bonds is 14. The number of nitrogens with zero attached hydrogens (tertiary/aromatic N) is 3. The van der Waals surface area contributed by atoms with Crippen LogP contribution >= 0.6 is 0 Å². The molecule has 0 spiro atoms. The smallest absolute Gasteiger partial charge is 0.313 e. The van der Waals surface area contributed by atoms with Gasteiger partial charge in [-0.25, -0.2) is 12.4 Å². The zero-order chi connectivity index (χ0) is 34.3. The molecule has 0 aliphatic rings. The zero-order valence-electron chi connectivity index (χ0n) is 25.9. The lowest BCUT2D eigenvalue weighted by Gasteiger charge is -2.24. The fourth-order valence-corrected chi connectivity index (χ4v) is 6.18. The first-order chi connectivity index (χ1) is 22.4. The highest BCUT2D eigenvalue weighted by atomic mass is 32.2. The first kappa shape index (κ1) is 34.6. The number of nitriles is 1. The number of ether oxygens (including phenoxy) is 5. The lowest BCUT2D eigenvalue weighted by Crippen LogP contribution is -2.21. The Morgan fingerprint density at radius 1 is 1.00 bits per heavy atom. The molecular weight excluding hydrogens is 634 g/mol. The number of carbonyl (C=O) groups is 2. The minimum atomic E-state index is -4.10. The fraction of sp³-hybridized carbons (Fsp3) is 0.281. The van der Waals surface area contributed by atoms with Crippen LogP contribution in [-0.4, -0.2) is 76.8 Å². The molecule has 0 N–H and O–H groups in total. The van der Waals surface area contributed by atoms with Crippen molar-refractivity contribution in [2.24, 2.45) is 0 Å². The number of nitro benzene ring substituents is 1. The van der Waals surface area contributed by atoms with E-state index in [0.717, 1.165) is 24.4 Å². The van der Waals surface area contributed by atoms with Crippen molar-refractivity contribution >= 4 is 38.6 Å². The van der Waals surface area contributed by atoms with Gasteiger partial charge in [-0.15, -0.1) is 0 Å². The molecule has 0 fully saturated rings. The SMILES string of the molecule is COCCOCOc1ccc([C@H](CC(=O)OC)C(=O)OC)c(-c2cc3cc(C#N)ccc3n2S(C)(=O)=O)c1-c1cccc([N+](=O)[O-])c1. The molecule has 246 valence electrons. The van der Waals surface area contributed by atoms with E-state index in [4.69, 9.17) is 23.7 Å². The summed E-state index contributed by atoms with van der Waals surface area (Å²) in [6, 6.07) is 16.5. The molecule has 0 saturated carbocycles. The second kappa shape index (κ2) is 14.9. The summed E-state index contributed by atoms with van der Waals surface area (Å²) in [5.74, 6) is -2.77. The highest BCUT2D eigenvalue weighted by Crippen LogP contribution is 2.47. The van der Waals surface area contributed by atoms with Gasteiger partial charge in [-0.1, -0.05) is 18.2 Å². The van der Waals surface area contributed by atoms with Crippen LogP contribution in [-0.2, 0) is 38.6 Å². The molecule has 1 atom stereocenters. The summed E-state index contributed by atoms with van der Waals surface area (Å²) in [5.41, 5.74) is 0.859. The molecule has 0 amide bonds. The number of non-ortho nitro benzene ring substituents is 1. The molecule has 14 nitrogen and oxygen atoms in total. The highest BCUT2D eigenvalue weighted by molar-refractivity contribution is 7.89. The number of hydrogen-bond acceptors (Lipinski definition) is 12. The topological polar surface area (TPSA) is 186 Å². The van der Waals surface area contributed by atoms with E-state index in [1.54, 1.807) is 6.07 Å². The predicted octanol–water partition coefficient (Wildman–Crippen LogP) is 4.38. The number of nitro groups is 1. The summed E-state index contributed by atoms with van der Waals surface area (Å²) < 4.78 is 54.4. The van der Waals surface area contributed by atoms with Crippen LogP contribution in [0.2, 0.25) is 0 Å². The van der Waals surface area contributed by atoms with Gasteiger partial charge in [-0.05, 0) is 41.5 Å². The molecule has 0 radical (unpaired) electrons. The monoisotopic (exact) mass is 665 g/mol. The third kappa shape index (κ3) is 7.58. The van der Waals surface area contributed by atoms with Crippen molar-refractivity contribution in [3.05, 3.63) is 81.9 Å². The van der Waals surface area contributed by atoms with Crippen molar-refractivity contribution in [1.82, 2.24) is 3.97 Å². The summed E-state index contributed by atoms with van der Waals surface area (Å²) in [5, 5.41) is 21.7. The van der Waals surface area contributed by atoms with Gasteiger partial charge >= 0.3 is 11.9 Å². The van der Waals surface area contributed by atoms with Gasteiger partial charge in [0.2, 0.25) is 10.0 Å². The van der Waals surface area contributed by atoms with Gasteiger partial charge in [0, 0.05) is 35.8 Å². The first-order valence-corrected chi connectivity index (χ1v) is 15.8. The van der Waals surface area contributed by atoms with Gasteiger partial charge in [-0.2, -0.15) is 5.26 Å². The fourth-order valence-electron chi connectivity index (χ4n) is 5.16. The molecule has 0 aliphatic heterocycles. The van der Waals surface area contributed by atoms with Gasteiger partial charge in [0.1, 0.15) is 5.75 Å². The second-order valence-electron chi connectivity index (χ2n) is 10.2. The Labute approximate surface area is 270 Å². The van der Waals surface area contributed by atoms with E-state index in [-0.39, 0.29) is 70.5 Å². The van der Waals surface area contributed by atoms with Crippen LogP contribution in [0.25, 0.3) is 33.3 Å². The van der Waals surface area contributed by atoms with Crippen molar-refractivity contribution in [3.8, 4) is 34.2 Å². The normalized spacial score (nSPS) is 11.9. The number of hydrogen-bond donors (Lipinski definition) is 0. The number of benzene rings is 3. The van der Waals surface area contributed by atoms with Crippen LogP contribution in [0.3, 0.4) is 0 Å². The largest absolute Gasteiger partial charge is 0.469 e. The number of aromatic nitrogens is 1. The average Bonchev–Trinajstić information content (AvgIpc) is 3.45. The van der Waals surface area contributed by atoms with E-state index in [1.165, 1.54) is 61.7 Å². The van der Waals surface area contributed by atoms with Crippen LogP contribution in [0.1, 0.15) is 23.5 Å². The van der Waals surface area contributed by atoms with E-state index >= 15 is 0 Å². The standard InChI is InChI=1S/C32H31N3O11S/c1-42-12-13-45-19-46-28-11-9-24(25(32(37)44-3)17-29(36)43-2)31(30(28)21-6-5-7-23(15-21)35(38)39)27-16-22-14-20(18-33)8-10-26(22)34(27)47(4,40)41/h5-11,14-16,25H,12-13,17,19H2,1-4H3/t25-/m0/s1. The third-order valence-electron chi connectivity index (χ3n) is 7.21. The predicted molar refractivity (Wildman–Crippen MR) is 169 cm³/mol. The third-order valence-corrected chi connectivity index (χ3v) is 8.27. The van der Waals surface area contributed by atoms with Crippen molar-refractivity contribution in [3.63, 3.8) is 0 Å². The molecule has 3 aromatic carbocycles. The number of carbonyl (C=O) groups excluding carboxylic acids is 2. The van der Waals surface area contributed by atoms with Crippen molar-refractivity contribution in [2.75, 3.05) is 47.6 Å². The summed E-state index contributed by atoms with van der Waals surface area (Å²) in [7, 11) is -0.309. The Kier molecular flexibility index (Phi) is 10.9. The van der Waals surface area contributed by atoms with Crippen LogP contribution in [0.4, 0.5) is 5.69 Å². The molecular formula is C32H31N3O11S. The quantitative estimate of drug-likeness (QED) is 0.0609. The van der Waals surface area contributed by atoms with Crippen molar-refractivity contribution < 1.29 is 46.6 Å². The van der Waals surface area contributed by atoms with Crippen LogP contribution in [0.5, 0.6) is 5.75 Å². The summed E-state index contributed by atoms with van der Waals surface area (Å²) >= 11 is 0. The Hall–Kier alpha value is -5.30. The van der Waals surface area contributed by atoms with Gasteiger partial charge in [0.15, 0.2) is 6.79 Å². The van der Waals surface area contributed by atoms with Crippen molar-refractivity contribution in [1.29, 1.82) is 5.26 Å². The van der Waals surface area contributed by atoms with Crippen molar-refractivity contribution in [2.45, 2.75) is 12.3 Å². The number of esters is 2. The maximum Gasteiger partial charge on any atom is 0.313 e. The van der Waals surface area contributed by atoms with E-state index in [9.17, 15) is 33.4 Å². The second-order valence-corrected chi connectivity index (χ2v) is 12.0. The van der Waals surface area contributed by atoms with Gasteiger partial charge in [0.05, 0.1) is 73.8 Å². The summed E-state index contributed by atoms with van der Waals surface area (Å²) in [6.07, 6.45) is 0.500. The van der Waals surface area contributed by atoms with Crippen LogP contribution in [0, 0.1) is 21.4 Å². The summed E-state index contributed by atoms with van der Waals surface area (Å²) in [6.45, 7) is 0.173. The molecule has 0 unspecified atom stereocenters. The Morgan fingerprint density at radius 2 is 1.77 bits per heavy atom.